The maximum Gasteiger partial charge on any atom is 0.416 e. The normalized spacial score (nSPS) is 11.7. The standard InChI is InChI=1S/C21H15F4N5O/c1-11-14(4-6-16(18(11)22)29-20(31)17-7-8-27-30(17)2)19-26-10-12-9-13(21(23,24)25)3-5-15(12)28-19/h3-10H,1-2H3,(H,29,31). The van der Waals surface area contributed by atoms with E-state index in [0.29, 0.717) is 11.1 Å². The minimum absolute atomic E-state index is 0.0249. The lowest BCUT2D eigenvalue weighted by Crippen LogP contribution is -2.17. The van der Waals surface area contributed by atoms with E-state index >= 15 is 0 Å². The molecule has 0 aliphatic rings. The molecular weight excluding hydrogens is 414 g/mol. The molecule has 1 amide bonds. The molecule has 1 N–H and O–H groups in total. The van der Waals surface area contributed by atoms with Gasteiger partial charge in [0.1, 0.15) is 11.5 Å². The average molecular weight is 429 g/mol. The van der Waals surface area contributed by atoms with Crippen molar-refractivity contribution in [3.8, 4) is 11.4 Å². The van der Waals surface area contributed by atoms with Gasteiger partial charge in [-0.05, 0) is 48.9 Å². The largest absolute Gasteiger partial charge is 0.416 e. The number of nitrogens with one attached hydrogen (secondary N) is 1. The summed E-state index contributed by atoms with van der Waals surface area (Å²) < 4.78 is 54.9. The Morgan fingerprint density at radius 3 is 2.58 bits per heavy atom. The van der Waals surface area contributed by atoms with Crippen molar-refractivity contribution < 1.29 is 22.4 Å². The lowest BCUT2D eigenvalue weighted by molar-refractivity contribution is -0.137. The van der Waals surface area contributed by atoms with Crippen LogP contribution in [0.3, 0.4) is 0 Å². The smallest absolute Gasteiger partial charge is 0.318 e. The Hall–Kier alpha value is -3.82. The minimum atomic E-state index is -4.47. The van der Waals surface area contributed by atoms with Crippen LogP contribution in [0.15, 0.2) is 48.8 Å². The number of carbonyl (C=O) groups is 1. The van der Waals surface area contributed by atoms with Crippen LogP contribution in [-0.4, -0.2) is 25.7 Å². The van der Waals surface area contributed by atoms with Crippen LogP contribution in [0.5, 0.6) is 0 Å². The lowest BCUT2D eigenvalue weighted by atomic mass is 10.1. The van der Waals surface area contributed by atoms with E-state index in [1.165, 1.54) is 42.2 Å². The molecule has 31 heavy (non-hydrogen) atoms. The number of halogens is 4. The molecule has 0 unspecified atom stereocenters. The zero-order valence-corrected chi connectivity index (χ0v) is 16.3. The Balaban J connectivity index is 1.67. The molecule has 4 rings (SSSR count). The lowest BCUT2D eigenvalue weighted by Gasteiger charge is -2.12. The average Bonchev–Trinajstić information content (AvgIpc) is 3.16. The van der Waals surface area contributed by atoms with Crippen LogP contribution >= 0.6 is 0 Å². The highest BCUT2D eigenvalue weighted by atomic mass is 19.4. The molecule has 2 aromatic heterocycles. The number of anilines is 1. The van der Waals surface area contributed by atoms with Crippen LogP contribution in [0.25, 0.3) is 22.3 Å². The fraction of sp³-hybridized carbons (Fsp3) is 0.143. The van der Waals surface area contributed by atoms with Crippen molar-refractivity contribution in [2.75, 3.05) is 5.32 Å². The van der Waals surface area contributed by atoms with E-state index in [1.54, 1.807) is 13.1 Å². The first-order valence-corrected chi connectivity index (χ1v) is 9.08. The topological polar surface area (TPSA) is 72.7 Å². The van der Waals surface area contributed by atoms with Gasteiger partial charge in [0, 0.05) is 30.4 Å². The summed E-state index contributed by atoms with van der Waals surface area (Å²) in [6.07, 6.45) is -1.75. The van der Waals surface area contributed by atoms with E-state index in [4.69, 9.17) is 0 Å². The fourth-order valence-electron chi connectivity index (χ4n) is 3.15. The quantitative estimate of drug-likeness (QED) is 0.477. The monoisotopic (exact) mass is 429 g/mol. The molecule has 0 spiro atoms. The molecule has 0 saturated carbocycles. The third kappa shape index (κ3) is 3.83. The van der Waals surface area contributed by atoms with Gasteiger partial charge in [0.15, 0.2) is 5.82 Å². The molecular formula is C21H15F4N5O. The molecule has 0 atom stereocenters. The van der Waals surface area contributed by atoms with Gasteiger partial charge >= 0.3 is 6.18 Å². The van der Waals surface area contributed by atoms with Crippen LogP contribution in [0.4, 0.5) is 23.2 Å². The first kappa shape index (κ1) is 20.5. The number of aryl methyl sites for hydroxylation is 1. The molecule has 6 nitrogen and oxygen atoms in total. The summed E-state index contributed by atoms with van der Waals surface area (Å²) in [4.78, 5) is 20.7. The number of hydrogen-bond donors (Lipinski definition) is 1. The van der Waals surface area contributed by atoms with E-state index in [0.717, 1.165) is 12.1 Å². The first-order chi connectivity index (χ1) is 14.6. The highest BCUT2D eigenvalue weighted by molar-refractivity contribution is 6.03. The molecule has 0 bridgehead atoms. The van der Waals surface area contributed by atoms with E-state index in [9.17, 15) is 22.4 Å². The second-order valence-electron chi connectivity index (χ2n) is 6.86. The van der Waals surface area contributed by atoms with Crippen LogP contribution < -0.4 is 5.32 Å². The van der Waals surface area contributed by atoms with Crippen molar-refractivity contribution in [1.82, 2.24) is 19.7 Å². The maximum absolute atomic E-state index is 14.9. The Labute approximate surface area is 173 Å². The van der Waals surface area contributed by atoms with Crippen molar-refractivity contribution in [1.29, 1.82) is 0 Å². The molecule has 2 aromatic carbocycles. The van der Waals surface area contributed by atoms with E-state index in [1.807, 2.05) is 0 Å². The van der Waals surface area contributed by atoms with E-state index in [2.05, 4.69) is 20.4 Å². The molecule has 158 valence electrons. The summed E-state index contributed by atoms with van der Waals surface area (Å²) in [6, 6.07) is 7.57. The summed E-state index contributed by atoms with van der Waals surface area (Å²) in [6.45, 7) is 1.50. The van der Waals surface area contributed by atoms with Gasteiger partial charge in [-0.2, -0.15) is 18.3 Å². The number of alkyl halides is 3. The van der Waals surface area contributed by atoms with E-state index in [-0.39, 0.29) is 28.2 Å². The Kier molecular flexibility index (Phi) is 4.92. The predicted octanol–water partition coefficient (Wildman–Crippen LogP) is 4.75. The number of carbonyl (C=O) groups excluding carboxylic acids is 1. The van der Waals surface area contributed by atoms with Crippen molar-refractivity contribution in [2.45, 2.75) is 13.1 Å². The Morgan fingerprint density at radius 1 is 1.13 bits per heavy atom. The van der Waals surface area contributed by atoms with Gasteiger partial charge in [0.25, 0.3) is 5.91 Å². The SMILES string of the molecule is Cc1c(-c2ncc3cc(C(F)(F)F)ccc3n2)ccc(NC(=O)c2ccnn2C)c1F. The molecule has 0 aliphatic heterocycles. The molecule has 0 fully saturated rings. The maximum atomic E-state index is 14.9. The summed E-state index contributed by atoms with van der Waals surface area (Å²) in [5.74, 6) is -1.02. The van der Waals surface area contributed by atoms with Crippen molar-refractivity contribution in [2.24, 2.45) is 7.05 Å². The summed E-state index contributed by atoms with van der Waals surface area (Å²) in [5, 5.41) is 6.62. The second kappa shape index (κ2) is 7.46. The minimum Gasteiger partial charge on any atom is -0.318 e. The van der Waals surface area contributed by atoms with Crippen LogP contribution in [0.2, 0.25) is 0 Å². The number of amides is 1. The van der Waals surface area contributed by atoms with Gasteiger partial charge in [-0.3, -0.25) is 9.48 Å². The van der Waals surface area contributed by atoms with Crippen molar-refractivity contribution in [3.05, 3.63) is 71.4 Å². The number of nitrogens with zero attached hydrogens (tertiary/aromatic N) is 4. The third-order valence-electron chi connectivity index (χ3n) is 4.84. The summed E-state index contributed by atoms with van der Waals surface area (Å²) in [5.41, 5.74) is 0.283. The molecule has 10 heteroatoms. The first-order valence-electron chi connectivity index (χ1n) is 9.08. The third-order valence-corrected chi connectivity index (χ3v) is 4.84. The number of aromatic nitrogens is 4. The van der Waals surface area contributed by atoms with Gasteiger partial charge in [-0.25, -0.2) is 14.4 Å². The molecule has 0 aliphatic carbocycles. The van der Waals surface area contributed by atoms with Gasteiger partial charge in [-0.1, -0.05) is 0 Å². The van der Waals surface area contributed by atoms with Gasteiger partial charge in [0.05, 0.1) is 16.8 Å². The molecule has 0 radical (unpaired) electrons. The summed E-state index contributed by atoms with van der Waals surface area (Å²) >= 11 is 0. The molecule has 2 heterocycles. The van der Waals surface area contributed by atoms with Crippen LogP contribution in [-0.2, 0) is 13.2 Å². The fourth-order valence-corrected chi connectivity index (χ4v) is 3.15. The van der Waals surface area contributed by atoms with Crippen molar-refractivity contribution in [3.63, 3.8) is 0 Å². The van der Waals surface area contributed by atoms with Gasteiger partial charge in [0.2, 0.25) is 0 Å². The summed E-state index contributed by atoms with van der Waals surface area (Å²) in [7, 11) is 1.59. The molecule has 4 aromatic rings. The van der Waals surface area contributed by atoms with Crippen LogP contribution in [0, 0.1) is 12.7 Å². The van der Waals surface area contributed by atoms with Crippen molar-refractivity contribution >= 4 is 22.5 Å². The van der Waals surface area contributed by atoms with E-state index < -0.39 is 23.5 Å². The highest BCUT2D eigenvalue weighted by Gasteiger charge is 2.30. The van der Waals surface area contributed by atoms with Gasteiger partial charge in [-0.15, -0.1) is 0 Å². The number of hydrogen-bond acceptors (Lipinski definition) is 4. The number of rotatable bonds is 3. The van der Waals surface area contributed by atoms with Gasteiger partial charge < -0.3 is 5.32 Å². The van der Waals surface area contributed by atoms with Crippen LogP contribution in [0.1, 0.15) is 21.6 Å². The Bertz CT molecular complexity index is 1310. The highest BCUT2D eigenvalue weighted by Crippen LogP contribution is 2.32. The number of benzene rings is 2. The Morgan fingerprint density at radius 2 is 1.90 bits per heavy atom. The zero-order chi connectivity index (χ0) is 22.3. The molecule has 0 saturated heterocycles. The number of fused-ring (bicyclic) bond motifs is 1. The predicted molar refractivity (Wildman–Crippen MR) is 106 cm³/mol. The second-order valence-corrected chi connectivity index (χ2v) is 6.86. The zero-order valence-electron chi connectivity index (χ0n) is 16.3.